The molecule has 1 amide bonds. The lowest BCUT2D eigenvalue weighted by molar-refractivity contribution is -0.170. The van der Waals surface area contributed by atoms with Gasteiger partial charge in [0, 0.05) is 31.6 Å². The monoisotopic (exact) mass is 305 g/mol. The quantitative estimate of drug-likeness (QED) is 0.889. The maximum absolute atomic E-state index is 11.9. The van der Waals surface area contributed by atoms with Crippen LogP contribution in [0.5, 0.6) is 0 Å². The number of aromatic nitrogens is 1. The van der Waals surface area contributed by atoms with Gasteiger partial charge >= 0.3 is 0 Å². The number of oxazole rings is 1. The standard InChI is InChI=1S/C16H23N3O3/c20-16(11-2-1-3-11)17-6-13-4-5-14-15(22-13)8-19(14)7-12-9-21-10-18-12/h9-11,13-15H,1-8H2,(H,17,20)/t13-,14+,15+/m0/s1. The van der Waals surface area contributed by atoms with Crippen molar-refractivity contribution >= 4 is 5.91 Å². The number of fused-ring (bicyclic) bond motifs is 1. The van der Waals surface area contributed by atoms with Crippen LogP contribution >= 0.6 is 0 Å². The number of nitrogens with zero attached hydrogens (tertiary/aromatic N) is 2. The number of carbonyl (C=O) groups is 1. The van der Waals surface area contributed by atoms with Crippen molar-refractivity contribution in [1.29, 1.82) is 0 Å². The highest BCUT2D eigenvalue weighted by molar-refractivity contribution is 5.79. The molecule has 6 heteroatoms. The third-order valence-corrected chi connectivity index (χ3v) is 5.29. The number of nitrogens with one attached hydrogen (secondary N) is 1. The molecule has 3 fully saturated rings. The lowest BCUT2D eigenvalue weighted by Gasteiger charge is -2.52. The van der Waals surface area contributed by atoms with Gasteiger partial charge in [0.05, 0.1) is 17.9 Å². The number of rotatable bonds is 5. The molecule has 0 bridgehead atoms. The summed E-state index contributed by atoms with van der Waals surface area (Å²) in [4.78, 5) is 18.4. The third kappa shape index (κ3) is 2.77. The fraction of sp³-hybridized carbons (Fsp3) is 0.750. The van der Waals surface area contributed by atoms with E-state index in [0.29, 0.717) is 18.7 Å². The summed E-state index contributed by atoms with van der Waals surface area (Å²) in [6, 6.07) is 0.496. The van der Waals surface area contributed by atoms with Crippen molar-refractivity contribution in [2.45, 2.75) is 56.9 Å². The SMILES string of the molecule is O=C(NC[C@@H]1CC[C@@H]2[C@@H](CN2Cc2cocn2)O1)C1CCC1. The fourth-order valence-corrected chi connectivity index (χ4v) is 3.64. The number of amides is 1. The van der Waals surface area contributed by atoms with Crippen molar-refractivity contribution in [1.82, 2.24) is 15.2 Å². The number of carbonyl (C=O) groups excluding carboxylic acids is 1. The second-order valence-corrected chi connectivity index (χ2v) is 6.72. The Labute approximate surface area is 130 Å². The van der Waals surface area contributed by atoms with Gasteiger partial charge in [-0.1, -0.05) is 6.42 Å². The van der Waals surface area contributed by atoms with Crippen molar-refractivity contribution in [3.8, 4) is 0 Å². The first-order chi connectivity index (χ1) is 10.8. The molecule has 22 heavy (non-hydrogen) atoms. The van der Waals surface area contributed by atoms with Crippen molar-refractivity contribution in [3.63, 3.8) is 0 Å². The van der Waals surface area contributed by atoms with Crippen LogP contribution in [-0.4, -0.2) is 47.1 Å². The molecule has 0 aromatic carbocycles. The van der Waals surface area contributed by atoms with E-state index in [1.807, 2.05) is 0 Å². The summed E-state index contributed by atoms with van der Waals surface area (Å²) in [6.07, 6.45) is 9.13. The van der Waals surface area contributed by atoms with E-state index in [4.69, 9.17) is 9.15 Å². The first kappa shape index (κ1) is 14.2. The molecule has 3 aliphatic rings. The Morgan fingerprint density at radius 2 is 2.27 bits per heavy atom. The maximum atomic E-state index is 11.9. The first-order valence-electron chi connectivity index (χ1n) is 8.34. The third-order valence-electron chi connectivity index (χ3n) is 5.29. The first-order valence-corrected chi connectivity index (χ1v) is 8.34. The van der Waals surface area contributed by atoms with Crippen molar-refractivity contribution in [3.05, 3.63) is 18.4 Å². The molecule has 0 radical (unpaired) electrons. The summed E-state index contributed by atoms with van der Waals surface area (Å²) in [5.74, 6) is 0.483. The molecule has 120 valence electrons. The molecule has 0 unspecified atom stereocenters. The molecule has 1 aromatic rings. The molecule has 1 saturated carbocycles. The predicted octanol–water partition coefficient (Wildman–Crippen LogP) is 1.32. The highest BCUT2D eigenvalue weighted by atomic mass is 16.5. The average molecular weight is 305 g/mol. The summed E-state index contributed by atoms with van der Waals surface area (Å²) in [5.41, 5.74) is 0.980. The minimum Gasteiger partial charge on any atom is -0.451 e. The van der Waals surface area contributed by atoms with Crippen LogP contribution in [0.15, 0.2) is 17.1 Å². The highest BCUT2D eigenvalue weighted by Gasteiger charge is 2.44. The van der Waals surface area contributed by atoms with Crippen LogP contribution in [-0.2, 0) is 16.1 Å². The molecule has 3 heterocycles. The Morgan fingerprint density at radius 3 is 2.95 bits per heavy atom. The summed E-state index contributed by atoms with van der Waals surface area (Å²) in [6.45, 7) is 2.45. The van der Waals surface area contributed by atoms with Gasteiger partial charge in [0.2, 0.25) is 5.91 Å². The molecule has 0 spiro atoms. The van der Waals surface area contributed by atoms with Crippen molar-refractivity contribution in [2.24, 2.45) is 5.92 Å². The normalized spacial score (nSPS) is 31.9. The zero-order valence-corrected chi connectivity index (χ0v) is 12.7. The molecule has 1 aliphatic carbocycles. The minimum atomic E-state index is 0.180. The molecular weight excluding hydrogens is 282 g/mol. The molecule has 1 aromatic heterocycles. The van der Waals surface area contributed by atoms with Crippen LogP contribution in [0.25, 0.3) is 0 Å². The average Bonchev–Trinajstić information content (AvgIpc) is 2.94. The van der Waals surface area contributed by atoms with Crippen molar-refractivity contribution < 1.29 is 13.9 Å². The van der Waals surface area contributed by atoms with Gasteiger partial charge in [0.1, 0.15) is 6.26 Å². The number of hydrogen-bond donors (Lipinski definition) is 1. The zero-order chi connectivity index (χ0) is 14.9. The lowest BCUT2D eigenvalue weighted by Crippen LogP contribution is -2.64. The Bertz CT molecular complexity index is 515. The van der Waals surface area contributed by atoms with Crippen LogP contribution in [0.2, 0.25) is 0 Å². The summed E-state index contributed by atoms with van der Waals surface area (Å²) < 4.78 is 11.1. The maximum Gasteiger partial charge on any atom is 0.223 e. The van der Waals surface area contributed by atoms with Crippen LogP contribution in [0, 0.1) is 5.92 Å². The zero-order valence-electron chi connectivity index (χ0n) is 12.7. The molecule has 4 rings (SSSR count). The van der Waals surface area contributed by atoms with E-state index in [1.54, 1.807) is 6.26 Å². The second kappa shape index (κ2) is 6.01. The van der Waals surface area contributed by atoms with Gasteiger partial charge < -0.3 is 14.5 Å². The van der Waals surface area contributed by atoms with E-state index in [-0.39, 0.29) is 17.9 Å². The Hall–Kier alpha value is -1.40. The number of likely N-dealkylation sites (tertiary alicyclic amines) is 1. The minimum absolute atomic E-state index is 0.180. The molecule has 3 atom stereocenters. The lowest BCUT2D eigenvalue weighted by atomic mass is 9.84. The topological polar surface area (TPSA) is 67.6 Å². The summed E-state index contributed by atoms with van der Waals surface area (Å²) in [5, 5.41) is 3.06. The van der Waals surface area contributed by atoms with Gasteiger partial charge in [0.15, 0.2) is 6.39 Å². The largest absolute Gasteiger partial charge is 0.451 e. The molecular formula is C16H23N3O3. The van der Waals surface area contributed by atoms with Gasteiger partial charge in [-0.3, -0.25) is 9.69 Å². The van der Waals surface area contributed by atoms with Gasteiger partial charge in [-0.15, -0.1) is 0 Å². The van der Waals surface area contributed by atoms with Gasteiger partial charge in [-0.05, 0) is 25.7 Å². The Morgan fingerprint density at radius 1 is 1.36 bits per heavy atom. The molecule has 2 saturated heterocycles. The molecule has 1 N–H and O–H groups in total. The highest BCUT2D eigenvalue weighted by Crippen LogP contribution is 2.33. The van der Waals surface area contributed by atoms with E-state index in [0.717, 1.165) is 44.5 Å². The summed E-state index contributed by atoms with van der Waals surface area (Å²) >= 11 is 0. The summed E-state index contributed by atoms with van der Waals surface area (Å²) in [7, 11) is 0. The van der Waals surface area contributed by atoms with Crippen LogP contribution in [0.1, 0.15) is 37.8 Å². The van der Waals surface area contributed by atoms with E-state index in [1.165, 1.54) is 12.8 Å². The van der Waals surface area contributed by atoms with E-state index >= 15 is 0 Å². The fourth-order valence-electron chi connectivity index (χ4n) is 3.64. The van der Waals surface area contributed by atoms with E-state index < -0.39 is 0 Å². The van der Waals surface area contributed by atoms with E-state index in [9.17, 15) is 4.79 Å². The Balaban J connectivity index is 1.20. The van der Waals surface area contributed by atoms with Crippen molar-refractivity contribution in [2.75, 3.05) is 13.1 Å². The van der Waals surface area contributed by atoms with Crippen LogP contribution in [0.4, 0.5) is 0 Å². The number of hydrogen-bond acceptors (Lipinski definition) is 5. The van der Waals surface area contributed by atoms with Gasteiger partial charge in [0.25, 0.3) is 0 Å². The van der Waals surface area contributed by atoms with Gasteiger partial charge in [-0.2, -0.15) is 0 Å². The Kier molecular flexibility index (Phi) is 3.88. The van der Waals surface area contributed by atoms with Gasteiger partial charge in [-0.25, -0.2) is 4.98 Å². The molecule has 6 nitrogen and oxygen atoms in total. The van der Waals surface area contributed by atoms with Crippen LogP contribution in [0.3, 0.4) is 0 Å². The predicted molar refractivity (Wildman–Crippen MR) is 78.9 cm³/mol. The number of ether oxygens (including phenoxy) is 1. The second-order valence-electron chi connectivity index (χ2n) is 6.72. The molecule has 2 aliphatic heterocycles. The van der Waals surface area contributed by atoms with Crippen LogP contribution < -0.4 is 5.32 Å². The van der Waals surface area contributed by atoms with E-state index in [2.05, 4.69) is 15.2 Å². The smallest absolute Gasteiger partial charge is 0.223 e.